The number of likely N-dealkylation sites (tertiary alicyclic amines) is 1. The number of nitrogens with zero attached hydrogens (tertiary/aromatic N) is 1. The zero-order valence-electron chi connectivity index (χ0n) is 15.8. The van der Waals surface area contributed by atoms with E-state index in [1.165, 1.54) is 0 Å². The molecule has 2 aromatic rings. The number of para-hydroxylation sites is 2. The van der Waals surface area contributed by atoms with Gasteiger partial charge in [-0.05, 0) is 43.4 Å². The van der Waals surface area contributed by atoms with Gasteiger partial charge in [0.05, 0.1) is 0 Å². The third kappa shape index (κ3) is 5.47. The van der Waals surface area contributed by atoms with E-state index >= 15 is 0 Å². The van der Waals surface area contributed by atoms with Gasteiger partial charge in [-0.3, -0.25) is 4.79 Å². The van der Waals surface area contributed by atoms with Gasteiger partial charge in [0, 0.05) is 19.1 Å². The van der Waals surface area contributed by atoms with Gasteiger partial charge in [-0.25, -0.2) is 0 Å². The summed E-state index contributed by atoms with van der Waals surface area (Å²) in [6, 6.07) is 17.6. The predicted octanol–water partition coefficient (Wildman–Crippen LogP) is 3.23. The van der Waals surface area contributed by atoms with E-state index in [4.69, 9.17) is 15.2 Å². The number of hydrogen-bond acceptors (Lipinski definition) is 4. The molecule has 1 aliphatic rings. The Balaban J connectivity index is 1.51. The molecule has 0 bridgehead atoms. The molecule has 1 amide bonds. The Morgan fingerprint density at radius 1 is 1.04 bits per heavy atom. The zero-order chi connectivity index (χ0) is 19.1. The highest BCUT2D eigenvalue weighted by atomic mass is 16.5. The number of carbonyl (C=O) groups excluding carboxylic acids is 1. The number of carbonyl (C=O) groups is 1. The second kappa shape index (κ2) is 9.42. The number of rotatable bonds is 7. The standard InChI is InChI=1S/C22H28N2O3/c1-17(23)19-11-13-24(14-12-19)22(25)16-27-21-10-6-5-9-20(21)26-15-18-7-3-2-4-8-18/h2-10,17,19H,11-16,23H2,1H3. The SMILES string of the molecule is CC(N)C1CCN(C(=O)COc2ccccc2OCc2ccccc2)CC1. The highest BCUT2D eigenvalue weighted by Crippen LogP contribution is 2.27. The van der Waals surface area contributed by atoms with Crippen molar-refractivity contribution in [1.82, 2.24) is 4.90 Å². The largest absolute Gasteiger partial charge is 0.485 e. The number of hydrogen-bond donors (Lipinski definition) is 1. The monoisotopic (exact) mass is 368 g/mol. The van der Waals surface area contributed by atoms with Crippen LogP contribution in [0.1, 0.15) is 25.3 Å². The Morgan fingerprint density at radius 3 is 2.26 bits per heavy atom. The molecule has 0 saturated carbocycles. The van der Waals surface area contributed by atoms with Crippen LogP contribution in [0.25, 0.3) is 0 Å². The van der Waals surface area contributed by atoms with Crippen molar-refractivity contribution in [1.29, 1.82) is 0 Å². The summed E-state index contributed by atoms with van der Waals surface area (Å²) in [6.07, 6.45) is 1.92. The van der Waals surface area contributed by atoms with Crippen molar-refractivity contribution in [2.24, 2.45) is 11.7 Å². The van der Waals surface area contributed by atoms with E-state index < -0.39 is 0 Å². The molecule has 0 spiro atoms. The van der Waals surface area contributed by atoms with Gasteiger partial charge < -0.3 is 20.1 Å². The van der Waals surface area contributed by atoms with Crippen LogP contribution in [0, 0.1) is 5.92 Å². The highest BCUT2D eigenvalue weighted by molar-refractivity contribution is 5.78. The van der Waals surface area contributed by atoms with Crippen LogP contribution >= 0.6 is 0 Å². The van der Waals surface area contributed by atoms with Crippen molar-refractivity contribution in [3.05, 3.63) is 60.2 Å². The van der Waals surface area contributed by atoms with Crippen LogP contribution in [0.3, 0.4) is 0 Å². The van der Waals surface area contributed by atoms with Gasteiger partial charge in [0.1, 0.15) is 6.61 Å². The molecule has 2 aromatic carbocycles. The molecule has 1 saturated heterocycles. The molecule has 0 radical (unpaired) electrons. The number of nitrogens with two attached hydrogens (primary N) is 1. The second-order valence-corrected chi connectivity index (χ2v) is 7.09. The zero-order valence-corrected chi connectivity index (χ0v) is 15.8. The second-order valence-electron chi connectivity index (χ2n) is 7.09. The normalized spacial score (nSPS) is 16.0. The number of amides is 1. The van der Waals surface area contributed by atoms with Crippen LogP contribution in [0.5, 0.6) is 11.5 Å². The summed E-state index contributed by atoms with van der Waals surface area (Å²) in [6.45, 7) is 4.02. The molecule has 144 valence electrons. The first-order chi connectivity index (χ1) is 13.1. The molecule has 5 nitrogen and oxygen atoms in total. The van der Waals surface area contributed by atoms with Crippen molar-refractivity contribution >= 4 is 5.91 Å². The molecular formula is C22H28N2O3. The number of benzene rings is 2. The van der Waals surface area contributed by atoms with Crippen LogP contribution in [-0.2, 0) is 11.4 Å². The maximum atomic E-state index is 12.5. The van der Waals surface area contributed by atoms with Crippen molar-refractivity contribution < 1.29 is 14.3 Å². The van der Waals surface area contributed by atoms with Gasteiger partial charge in [-0.1, -0.05) is 42.5 Å². The maximum Gasteiger partial charge on any atom is 0.260 e. The van der Waals surface area contributed by atoms with Gasteiger partial charge >= 0.3 is 0 Å². The molecule has 1 unspecified atom stereocenters. The van der Waals surface area contributed by atoms with Crippen molar-refractivity contribution in [2.45, 2.75) is 32.4 Å². The van der Waals surface area contributed by atoms with E-state index in [0.717, 1.165) is 31.5 Å². The Labute approximate surface area is 161 Å². The fourth-order valence-corrected chi connectivity index (χ4v) is 3.33. The quantitative estimate of drug-likeness (QED) is 0.815. The molecule has 1 aliphatic heterocycles. The van der Waals surface area contributed by atoms with Gasteiger partial charge in [0.2, 0.25) is 0 Å². The lowest BCUT2D eigenvalue weighted by molar-refractivity contribution is -0.134. The van der Waals surface area contributed by atoms with E-state index in [1.54, 1.807) is 0 Å². The van der Waals surface area contributed by atoms with Crippen LogP contribution in [-0.4, -0.2) is 36.5 Å². The minimum absolute atomic E-state index is 0.0102. The Kier molecular flexibility index (Phi) is 6.71. The Morgan fingerprint density at radius 2 is 1.63 bits per heavy atom. The molecule has 5 heteroatoms. The van der Waals surface area contributed by atoms with Gasteiger partial charge in [-0.15, -0.1) is 0 Å². The lowest BCUT2D eigenvalue weighted by Crippen LogP contribution is -2.44. The maximum absolute atomic E-state index is 12.5. The summed E-state index contributed by atoms with van der Waals surface area (Å²) in [5.41, 5.74) is 7.05. The van der Waals surface area contributed by atoms with E-state index in [2.05, 4.69) is 0 Å². The topological polar surface area (TPSA) is 64.8 Å². The first-order valence-corrected chi connectivity index (χ1v) is 9.55. The predicted molar refractivity (Wildman–Crippen MR) is 106 cm³/mol. The number of ether oxygens (including phenoxy) is 2. The molecule has 0 aromatic heterocycles. The third-order valence-electron chi connectivity index (χ3n) is 5.07. The first kappa shape index (κ1) is 19.2. The van der Waals surface area contributed by atoms with Crippen LogP contribution in [0.2, 0.25) is 0 Å². The molecule has 1 heterocycles. The smallest absolute Gasteiger partial charge is 0.260 e. The fourth-order valence-electron chi connectivity index (χ4n) is 3.33. The van der Waals surface area contributed by atoms with E-state index in [9.17, 15) is 4.79 Å². The minimum atomic E-state index is 0.0102. The average molecular weight is 368 g/mol. The van der Waals surface area contributed by atoms with Crippen LogP contribution < -0.4 is 15.2 Å². The summed E-state index contributed by atoms with van der Waals surface area (Å²) in [4.78, 5) is 14.3. The molecule has 0 aliphatic carbocycles. The average Bonchev–Trinajstić information content (AvgIpc) is 2.72. The van der Waals surface area contributed by atoms with Crippen LogP contribution in [0.4, 0.5) is 0 Å². The lowest BCUT2D eigenvalue weighted by Gasteiger charge is -2.33. The Bertz CT molecular complexity index is 725. The summed E-state index contributed by atoms with van der Waals surface area (Å²) in [7, 11) is 0. The summed E-state index contributed by atoms with van der Waals surface area (Å²) in [5.74, 6) is 1.75. The third-order valence-corrected chi connectivity index (χ3v) is 5.07. The van der Waals surface area contributed by atoms with Crippen molar-refractivity contribution in [2.75, 3.05) is 19.7 Å². The summed E-state index contributed by atoms with van der Waals surface area (Å²) >= 11 is 0. The van der Waals surface area contributed by atoms with E-state index in [-0.39, 0.29) is 18.6 Å². The Hall–Kier alpha value is -2.53. The van der Waals surface area contributed by atoms with Gasteiger partial charge in [0.15, 0.2) is 18.1 Å². The van der Waals surface area contributed by atoms with Crippen LogP contribution in [0.15, 0.2) is 54.6 Å². The summed E-state index contributed by atoms with van der Waals surface area (Å²) in [5, 5.41) is 0. The van der Waals surface area contributed by atoms with E-state index in [1.807, 2.05) is 66.4 Å². The van der Waals surface area contributed by atoms with Gasteiger partial charge in [-0.2, -0.15) is 0 Å². The molecule has 2 N–H and O–H groups in total. The molecule has 1 atom stereocenters. The first-order valence-electron chi connectivity index (χ1n) is 9.55. The highest BCUT2D eigenvalue weighted by Gasteiger charge is 2.25. The molecular weight excluding hydrogens is 340 g/mol. The van der Waals surface area contributed by atoms with Gasteiger partial charge in [0.25, 0.3) is 5.91 Å². The van der Waals surface area contributed by atoms with Crippen molar-refractivity contribution in [3.8, 4) is 11.5 Å². The lowest BCUT2D eigenvalue weighted by atomic mass is 9.91. The molecule has 3 rings (SSSR count). The van der Waals surface area contributed by atoms with Crippen molar-refractivity contribution in [3.63, 3.8) is 0 Å². The number of piperidine rings is 1. The molecule has 1 fully saturated rings. The molecule has 27 heavy (non-hydrogen) atoms. The fraction of sp³-hybridized carbons (Fsp3) is 0.409. The minimum Gasteiger partial charge on any atom is -0.485 e. The van der Waals surface area contributed by atoms with E-state index in [0.29, 0.717) is 24.0 Å². The summed E-state index contributed by atoms with van der Waals surface area (Å²) < 4.78 is 11.7.